The first-order chi connectivity index (χ1) is 8.13. The van der Waals surface area contributed by atoms with Gasteiger partial charge in [0, 0.05) is 19.1 Å². The first-order valence-corrected chi connectivity index (χ1v) is 7.16. The van der Waals surface area contributed by atoms with Crippen LogP contribution in [0, 0.1) is 0 Å². The molecule has 1 amide bonds. The van der Waals surface area contributed by atoms with E-state index in [1.165, 1.54) is 11.3 Å². The molecule has 0 spiro atoms. The number of hydrogen-bond donors (Lipinski definition) is 1. The predicted octanol–water partition coefficient (Wildman–Crippen LogP) is 3.43. The molecule has 2 heterocycles. The van der Waals surface area contributed by atoms with E-state index < -0.39 is 0 Å². The van der Waals surface area contributed by atoms with E-state index in [2.05, 4.69) is 0 Å². The summed E-state index contributed by atoms with van der Waals surface area (Å²) in [6.07, 6.45) is 3.12. The van der Waals surface area contributed by atoms with Crippen LogP contribution in [0.5, 0.6) is 0 Å². The Bertz CT molecular complexity index is 424. The maximum absolute atomic E-state index is 12.3. The van der Waals surface area contributed by atoms with Crippen LogP contribution in [0.2, 0.25) is 8.67 Å². The third kappa shape index (κ3) is 3.31. The lowest BCUT2D eigenvalue weighted by molar-refractivity contribution is 0.0624. The summed E-state index contributed by atoms with van der Waals surface area (Å²) in [5.41, 5.74) is 6.20. The largest absolute Gasteiger partial charge is 0.334 e. The van der Waals surface area contributed by atoms with Gasteiger partial charge in [0.05, 0.1) is 9.90 Å². The third-order valence-corrected chi connectivity index (χ3v) is 4.53. The molecule has 1 aromatic heterocycles. The Hall–Kier alpha value is -0.0000000000000000555. The van der Waals surface area contributed by atoms with Crippen LogP contribution < -0.4 is 5.73 Å². The van der Waals surface area contributed by atoms with E-state index in [4.69, 9.17) is 28.9 Å². The molecule has 18 heavy (non-hydrogen) atoms. The molecule has 0 bridgehead atoms. The lowest BCUT2D eigenvalue weighted by Gasteiger charge is -2.35. The maximum atomic E-state index is 12.3. The zero-order chi connectivity index (χ0) is 12.4. The molecular formula is C11H15Cl3N2OS. The van der Waals surface area contributed by atoms with Gasteiger partial charge in [-0.25, -0.2) is 0 Å². The lowest BCUT2D eigenvalue weighted by atomic mass is 10.0. The molecule has 1 aliphatic heterocycles. The van der Waals surface area contributed by atoms with Crippen molar-refractivity contribution in [3.8, 4) is 0 Å². The highest BCUT2D eigenvalue weighted by Gasteiger charge is 2.28. The fraction of sp³-hybridized carbons (Fsp3) is 0.545. The number of piperidine rings is 1. The Labute approximate surface area is 127 Å². The molecule has 0 aromatic carbocycles. The molecule has 0 aliphatic carbocycles. The van der Waals surface area contributed by atoms with E-state index in [9.17, 15) is 4.79 Å². The van der Waals surface area contributed by atoms with Crippen molar-refractivity contribution in [3.05, 3.63) is 20.3 Å². The summed E-state index contributed by atoms with van der Waals surface area (Å²) in [5.74, 6) is -0.0479. The van der Waals surface area contributed by atoms with Crippen molar-refractivity contribution in [2.45, 2.75) is 25.3 Å². The van der Waals surface area contributed by atoms with Crippen LogP contribution in [0.4, 0.5) is 0 Å². The van der Waals surface area contributed by atoms with Gasteiger partial charge in [-0.15, -0.1) is 23.7 Å². The molecule has 2 rings (SSSR count). The van der Waals surface area contributed by atoms with E-state index in [1.54, 1.807) is 6.07 Å². The standard InChI is InChI=1S/C11H14Cl2N2OS.ClH/c12-9-5-8(10(13)17-9)11(16)15-4-2-1-3-7(15)6-14;/h5,7H,1-4,6,14H2;1H. The minimum Gasteiger partial charge on any atom is -0.334 e. The molecule has 0 radical (unpaired) electrons. The van der Waals surface area contributed by atoms with Crippen molar-refractivity contribution in [1.82, 2.24) is 4.90 Å². The molecule has 1 aliphatic rings. The highest BCUT2D eigenvalue weighted by molar-refractivity contribution is 7.20. The third-order valence-electron chi connectivity index (χ3n) is 3.05. The minimum atomic E-state index is -0.0479. The Morgan fingerprint density at radius 1 is 1.50 bits per heavy atom. The molecule has 1 aromatic rings. The summed E-state index contributed by atoms with van der Waals surface area (Å²) >= 11 is 13.1. The molecule has 7 heteroatoms. The monoisotopic (exact) mass is 328 g/mol. The van der Waals surface area contributed by atoms with Gasteiger partial charge in [0.1, 0.15) is 4.34 Å². The summed E-state index contributed by atoms with van der Waals surface area (Å²) in [7, 11) is 0. The predicted molar refractivity (Wildman–Crippen MR) is 79.3 cm³/mol. The number of carbonyl (C=O) groups excluding carboxylic acids is 1. The zero-order valence-electron chi connectivity index (χ0n) is 9.70. The van der Waals surface area contributed by atoms with Gasteiger partial charge in [-0.3, -0.25) is 4.79 Å². The number of likely N-dealkylation sites (tertiary alicyclic amines) is 1. The average Bonchev–Trinajstić information content (AvgIpc) is 2.67. The zero-order valence-corrected chi connectivity index (χ0v) is 12.8. The normalized spacial score (nSPS) is 19.5. The summed E-state index contributed by atoms with van der Waals surface area (Å²) in [5, 5.41) is 0. The second kappa shape index (κ2) is 6.96. The van der Waals surface area contributed by atoms with Gasteiger partial charge < -0.3 is 10.6 Å². The second-order valence-corrected chi connectivity index (χ2v) is 6.41. The van der Waals surface area contributed by atoms with E-state index in [0.29, 0.717) is 20.8 Å². The van der Waals surface area contributed by atoms with Crippen molar-refractivity contribution in [2.24, 2.45) is 5.73 Å². The Morgan fingerprint density at radius 3 is 2.78 bits per heavy atom. The minimum absolute atomic E-state index is 0. The van der Waals surface area contributed by atoms with Gasteiger partial charge in [0.25, 0.3) is 5.91 Å². The molecule has 1 saturated heterocycles. The number of halogens is 3. The van der Waals surface area contributed by atoms with Gasteiger partial charge in [0.2, 0.25) is 0 Å². The van der Waals surface area contributed by atoms with Crippen LogP contribution >= 0.6 is 46.9 Å². The van der Waals surface area contributed by atoms with Crippen LogP contribution in [0.1, 0.15) is 29.6 Å². The molecule has 3 nitrogen and oxygen atoms in total. The first-order valence-electron chi connectivity index (χ1n) is 5.59. The molecular weight excluding hydrogens is 315 g/mol. The van der Waals surface area contributed by atoms with E-state index in [-0.39, 0.29) is 24.4 Å². The van der Waals surface area contributed by atoms with Crippen LogP contribution in [0.3, 0.4) is 0 Å². The quantitative estimate of drug-likeness (QED) is 0.903. The molecule has 1 unspecified atom stereocenters. The fourth-order valence-electron chi connectivity index (χ4n) is 2.15. The highest BCUT2D eigenvalue weighted by atomic mass is 35.5. The van der Waals surface area contributed by atoms with Crippen molar-refractivity contribution in [3.63, 3.8) is 0 Å². The van der Waals surface area contributed by atoms with Crippen molar-refractivity contribution < 1.29 is 4.79 Å². The van der Waals surface area contributed by atoms with E-state index in [1.807, 2.05) is 4.90 Å². The van der Waals surface area contributed by atoms with Gasteiger partial charge in [-0.05, 0) is 25.3 Å². The number of amides is 1. The molecule has 1 atom stereocenters. The SMILES string of the molecule is Cl.NCC1CCCCN1C(=O)c1cc(Cl)sc1Cl. The highest BCUT2D eigenvalue weighted by Crippen LogP contribution is 2.33. The van der Waals surface area contributed by atoms with Crippen LogP contribution in [-0.2, 0) is 0 Å². The summed E-state index contributed by atoms with van der Waals surface area (Å²) in [4.78, 5) is 14.2. The van der Waals surface area contributed by atoms with E-state index >= 15 is 0 Å². The van der Waals surface area contributed by atoms with E-state index in [0.717, 1.165) is 25.8 Å². The number of hydrogen-bond acceptors (Lipinski definition) is 3. The number of nitrogens with two attached hydrogens (primary N) is 1. The van der Waals surface area contributed by atoms with Gasteiger partial charge in [0.15, 0.2) is 0 Å². The maximum Gasteiger partial charge on any atom is 0.256 e. The Morgan fingerprint density at radius 2 is 2.22 bits per heavy atom. The Kier molecular flexibility index (Phi) is 6.21. The van der Waals surface area contributed by atoms with Crippen LogP contribution in [0.15, 0.2) is 6.07 Å². The lowest BCUT2D eigenvalue weighted by Crippen LogP contribution is -2.47. The molecule has 102 valence electrons. The smallest absolute Gasteiger partial charge is 0.256 e. The average molecular weight is 330 g/mol. The number of rotatable bonds is 2. The second-order valence-electron chi connectivity index (χ2n) is 4.12. The van der Waals surface area contributed by atoms with Crippen LogP contribution in [0.25, 0.3) is 0 Å². The van der Waals surface area contributed by atoms with Crippen molar-refractivity contribution in [2.75, 3.05) is 13.1 Å². The topological polar surface area (TPSA) is 46.3 Å². The summed E-state index contributed by atoms with van der Waals surface area (Å²) in [6.45, 7) is 1.26. The number of carbonyl (C=O) groups is 1. The van der Waals surface area contributed by atoms with Crippen molar-refractivity contribution in [1.29, 1.82) is 0 Å². The van der Waals surface area contributed by atoms with Gasteiger partial charge in [-0.1, -0.05) is 23.2 Å². The summed E-state index contributed by atoms with van der Waals surface area (Å²) in [6, 6.07) is 1.77. The Balaban J connectivity index is 0.00000162. The summed E-state index contributed by atoms with van der Waals surface area (Å²) < 4.78 is 1.00. The molecule has 1 fully saturated rings. The number of thiophene rings is 1. The van der Waals surface area contributed by atoms with Gasteiger partial charge >= 0.3 is 0 Å². The van der Waals surface area contributed by atoms with Gasteiger partial charge in [-0.2, -0.15) is 0 Å². The first kappa shape index (κ1) is 16.1. The molecule has 2 N–H and O–H groups in total. The number of nitrogens with zero attached hydrogens (tertiary/aromatic N) is 1. The molecule has 0 saturated carbocycles. The van der Waals surface area contributed by atoms with Crippen molar-refractivity contribution >= 4 is 52.9 Å². The van der Waals surface area contributed by atoms with Crippen LogP contribution in [-0.4, -0.2) is 29.9 Å². The fourth-order valence-corrected chi connectivity index (χ4v) is 3.60.